The molecule has 0 spiro atoms. The fourth-order valence-electron chi connectivity index (χ4n) is 8.15. The van der Waals surface area contributed by atoms with Gasteiger partial charge in [0.25, 0.3) is 0 Å². The molecular weight excluding hydrogens is 530 g/mol. The molecule has 9 nitrogen and oxygen atoms in total. The lowest BCUT2D eigenvalue weighted by Crippen LogP contribution is -2.69. The minimum Gasteiger partial charge on any atom is -0.390 e. The second-order valence-electron chi connectivity index (χ2n) is 11.5. The van der Waals surface area contributed by atoms with Crippen molar-refractivity contribution in [2.75, 3.05) is 13.2 Å². The van der Waals surface area contributed by atoms with Crippen molar-refractivity contribution in [3.63, 3.8) is 0 Å². The number of aliphatic hydroxyl groups excluding tert-OH is 1. The molecule has 1 aliphatic heterocycles. The number of ketones is 1. The van der Waals surface area contributed by atoms with Gasteiger partial charge in [0.05, 0.1) is 19.3 Å². The van der Waals surface area contributed by atoms with Gasteiger partial charge in [-0.15, -0.1) is 0 Å². The molecule has 39 heavy (non-hydrogen) atoms. The molecule has 9 atom stereocenters. The second kappa shape index (κ2) is 9.71. The van der Waals surface area contributed by atoms with Crippen LogP contribution in [-0.4, -0.2) is 59.8 Å². The van der Waals surface area contributed by atoms with Crippen molar-refractivity contribution in [3.05, 3.63) is 36.0 Å². The Morgan fingerprint density at radius 2 is 1.95 bits per heavy atom. The van der Waals surface area contributed by atoms with Crippen LogP contribution in [0.1, 0.15) is 60.3 Å². The Kier molecular flexibility index (Phi) is 7.18. The lowest BCUT2D eigenvalue weighted by molar-refractivity contribution is -0.231. The number of aliphatic hydroxyl groups is 1. The summed E-state index contributed by atoms with van der Waals surface area (Å²) in [6.07, 6.45) is 5.57. The quantitative estimate of drug-likeness (QED) is 0.343. The Morgan fingerprint density at radius 3 is 2.59 bits per heavy atom. The number of alkyl halides is 1. The van der Waals surface area contributed by atoms with E-state index in [1.165, 1.54) is 12.2 Å². The van der Waals surface area contributed by atoms with E-state index in [2.05, 4.69) is 0 Å². The predicted molar refractivity (Wildman–Crippen MR) is 138 cm³/mol. The summed E-state index contributed by atoms with van der Waals surface area (Å²) in [7, 11) is -4.28. The number of phosphoric ester groups is 1. The number of carbonyl (C=O) groups is 2. The number of hydrogen-bond donors (Lipinski definition) is 1. The molecule has 0 radical (unpaired) electrons. The van der Waals surface area contributed by atoms with Crippen LogP contribution in [0.15, 0.2) is 36.0 Å². The zero-order valence-corrected chi connectivity index (χ0v) is 23.9. The lowest BCUT2D eigenvalue weighted by Gasteiger charge is -2.62. The number of rotatable bonds is 7. The maximum absolute atomic E-state index is 17.5. The van der Waals surface area contributed by atoms with Crippen LogP contribution in [0.4, 0.5) is 4.39 Å². The first-order chi connectivity index (χ1) is 18.3. The first-order valence-corrected chi connectivity index (χ1v) is 15.2. The SMILES string of the molecule is C/C=C/[C@@H]1O[C@@H]2C[C@H]3[C@@H]4CCC5=CC(=O)C=C[C@]5(C)[C@@]4(F)[C@@H](O)C[C@]3(C)[C@]2(C(=O)OP(=O)(OCC)OCC)O1. The van der Waals surface area contributed by atoms with Crippen LogP contribution < -0.4 is 0 Å². The van der Waals surface area contributed by atoms with Crippen LogP contribution in [0.3, 0.4) is 0 Å². The molecule has 11 heteroatoms. The van der Waals surface area contributed by atoms with E-state index in [0.717, 1.165) is 0 Å². The summed E-state index contributed by atoms with van der Waals surface area (Å²) in [6, 6.07) is 0. The van der Waals surface area contributed by atoms with Crippen LogP contribution in [0.25, 0.3) is 0 Å². The summed E-state index contributed by atoms with van der Waals surface area (Å²) < 4.78 is 59.2. The van der Waals surface area contributed by atoms with Gasteiger partial charge in [-0.3, -0.25) is 13.8 Å². The highest BCUT2D eigenvalue weighted by atomic mass is 31.2. The monoisotopic (exact) mass is 568 g/mol. The molecule has 0 aromatic heterocycles. The Hall–Kier alpha value is -1.68. The summed E-state index contributed by atoms with van der Waals surface area (Å²) >= 11 is 0. The Bertz CT molecular complexity index is 1170. The topological polar surface area (TPSA) is 118 Å². The van der Waals surface area contributed by atoms with E-state index >= 15 is 4.39 Å². The van der Waals surface area contributed by atoms with E-state index in [4.69, 9.17) is 23.0 Å². The lowest BCUT2D eigenvalue weighted by atomic mass is 9.45. The molecule has 5 rings (SSSR count). The third-order valence-corrected chi connectivity index (χ3v) is 11.4. The molecule has 0 amide bonds. The minimum absolute atomic E-state index is 0.0188. The number of fused-ring (bicyclic) bond motifs is 7. The molecule has 4 aliphatic carbocycles. The van der Waals surface area contributed by atoms with Gasteiger partial charge in [-0.05, 0) is 77.5 Å². The van der Waals surface area contributed by atoms with Gasteiger partial charge in [0, 0.05) is 16.7 Å². The van der Waals surface area contributed by atoms with Crippen LogP contribution in [0.2, 0.25) is 0 Å². The average molecular weight is 569 g/mol. The Morgan fingerprint density at radius 1 is 1.26 bits per heavy atom. The van der Waals surface area contributed by atoms with Gasteiger partial charge in [0.15, 0.2) is 17.7 Å². The van der Waals surface area contributed by atoms with Crippen molar-refractivity contribution in [1.82, 2.24) is 0 Å². The normalized spacial score (nSPS) is 44.9. The molecule has 3 saturated carbocycles. The number of halogens is 1. The first-order valence-electron chi connectivity index (χ1n) is 13.8. The zero-order valence-electron chi connectivity index (χ0n) is 23.1. The molecule has 4 fully saturated rings. The van der Waals surface area contributed by atoms with Gasteiger partial charge in [-0.2, -0.15) is 0 Å². The molecule has 1 saturated heterocycles. The van der Waals surface area contributed by atoms with E-state index < -0.39 is 66.2 Å². The molecule has 216 valence electrons. The van der Waals surface area contributed by atoms with E-state index in [9.17, 15) is 19.3 Å². The van der Waals surface area contributed by atoms with Crippen molar-refractivity contribution in [1.29, 1.82) is 0 Å². The molecule has 0 aromatic rings. The highest BCUT2D eigenvalue weighted by molar-refractivity contribution is 7.49. The van der Waals surface area contributed by atoms with Crippen molar-refractivity contribution >= 4 is 19.6 Å². The Labute approximate surface area is 228 Å². The maximum Gasteiger partial charge on any atom is 0.532 e. The van der Waals surface area contributed by atoms with E-state index in [-0.39, 0.29) is 31.8 Å². The second-order valence-corrected chi connectivity index (χ2v) is 13.1. The standard InChI is InChI=1S/C28H38FO9P/c1-6-9-23-36-22-15-20-19-11-10-17-14-18(30)12-13-25(17,4)27(19,29)21(31)16-26(20,5)28(22,37-23)24(32)38-39(33,34-7-2)35-8-3/h6,9,12-14,19-23,31H,7-8,10-11,15-16H2,1-5H3/b9-6+/t19-,20-,21-,22+,23+,25-,26-,27-,28-/m0/s1. The van der Waals surface area contributed by atoms with Crippen molar-refractivity contribution in [3.8, 4) is 0 Å². The average Bonchev–Trinajstić information content (AvgIpc) is 3.33. The highest BCUT2D eigenvalue weighted by Gasteiger charge is 2.80. The number of carbonyl (C=O) groups excluding carboxylic acids is 2. The van der Waals surface area contributed by atoms with E-state index in [1.54, 1.807) is 52.8 Å². The van der Waals surface area contributed by atoms with Crippen LogP contribution >= 0.6 is 7.82 Å². The van der Waals surface area contributed by atoms with Crippen molar-refractivity contribution in [2.45, 2.75) is 90.1 Å². The zero-order chi connectivity index (χ0) is 28.4. The van der Waals surface area contributed by atoms with Crippen molar-refractivity contribution < 1.29 is 46.7 Å². The fraction of sp³-hybridized carbons (Fsp3) is 0.714. The predicted octanol–water partition coefficient (Wildman–Crippen LogP) is 4.75. The summed E-state index contributed by atoms with van der Waals surface area (Å²) in [6.45, 7) is 8.47. The molecule has 0 unspecified atom stereocenters. The number of hydrogen-bond acceptors (Lipinski definition) is 9. The number of phosphoric acid groups is 1. The highest BCUT2D eigenvalue weighted by Crippen LogP contribution is 2.72. The van der Waals surface area contributed by atoms with Gasteiger partial charge in [-0.25, -0.2) is 13.8 Å². The summed E-state index contributed by atoms with van der Waals surface area (Å²) in [5.41, 5.74) is -5.52. The minimum atomic E-state index is -4.28. The largest absolute Gasteiger partial charge is 0.532 e. The smallest absolute Gasteiger partial charge is 0.390 e. The van der Waals surface area contributed by atoms with Crippen LogP contribution in [0.5, 0.6) is 0 Å². The molecular formula is C28H38FO9P. The van der Waals surface area contributed by atoms with Crippen molar-refractivity contribution in [2.24, 2.45) is 22.7 Å². The van der Waals surface area contributed by atoms with Gasteiger partial charge < -0.3 is 19.1 Å². The van der Waals surface area contributed by atoms with E-state index in [0.29, 0.717) is 18.4 Å². The van der Waals surface area contributed by atoms with E-state index in [1.807, 2.05) is 0 Å². The molecule has 0 bridgehead atoms. The molecule has 0 aromatic carbocycles. The maximum atomic E-state index is 17.5. The molecule has 1 heterocycles. The Balaban J connectivity index is 1.58. The number of ether oxygens (including phenoxy) is 2. The van der Waals surface area contributed by atoms with Gasteiger partial charge in [0.2, 0.25) is 5.60 Å². The first kappa shape index (κ1) is 28.8. The van der Waals surface area contributed by atoms with Gasteiger partial charge >= 0.3 is 13.8 Å². The van der Waals surface area contributed by atoms with Gasteiger partial charge in [0.1, 0.15) is 6.10 Å². The molecule has 1 N–H and O–H groups in total. The summed E-state index contributed by atoms with van der Waals surface area (Å²) in [5, 5.41) is 11.6. The summed E-state index contributed by atoms with van der Waals surface area (Å²) in [4.78, 5) is 26.2. The molecule has 5 aliphatic rings. The number of allylic oxidation sites excluding steroid dienone is 5. The van der Waals surface area contributed by atoms with Crippen LogP contribution in [-0.2, 0) is 37.2 Å². The fourth-order valence-corrected chi connectivity index (χ4v) is 9.30. The third-order valence-electron chi connectivity index (χ3n) is 9.82. The summed E-state index contributed by atoms with van der Waals surface area (Å²) in [5.74, 6) is -2.28. The third kappa shape index (κ3) is 3.86. The van der Waals surface area contributed by atoms with Gasteiger partial charge in [-0.1, -0.05) is 24.6 Å². The van der Waals surface area contributed by atoms with Crippen LogP contribution in [0, 0.1) is 22.7 Å².